The van der Waals surface area contributed by atoms with Crippen LogP contribution in [0.4, 0.5) is 5.82 Å². The van der Waals surface area contributed by atoms with Gasteiger partial charge in [-0.1, -0.05) is 47.1 Å². The molecule has 0 aliphatic rings. The van der Waals surface area contributed by atoms with Crippen molar-refractivity contribution in [1.82, 2.24) is 15.2 Å². The van der Waals surface area contributed by atoms with Gasteiger partial charge in [0.25, 0.3) is 0 Å². The van der Waals surface area contributed by atoms with Crippen molar-refractivity contribution in [3.8, 4) is 0 Å². The van der Waals surface area contributed by atoms with Gasteiger partial charge < -0.3 is 10.1 Å². The Bertz CT molecular complexity index is 715. The lowest BCUT2D eigenvalue weighted by molar-refractivity contribution is 0.0518. The number of nitrogens with one attached hydrogen (secondary N) is 1. The Morgan fingerprint density at radius 3 is 2.83 bits per heavy atom. The van der Waals surface area contributed by atoms with Crippen molar-refractivity contribution >= 4 is 46.8 Å². The highest BCUT2D eigenvalue weighted by atomic mass is 35.5. The molecular formula is C14H14Cl2N4O2S. The van der Waals surface area contributed by atoms with Crippen molar-refractivity contribution in [1.29, 1.82) is 0 Å². The first-order chi connectivity index (χ1) is 11.1. The molecule has 1 aromatic heterocycles. The summed E-state index contributed by atoms with van der Waals surface area (Å²) in [5, 5.41) is 12.1. The number of thioether (sulfide) groups is 1. The maximum atomic E-state index is 11.9. The van der Waals surface area contributed by atoms with Gasteiger partial charge in [-0.2, -0.15) is 0 Å². The van der Waals surface area contributed by atoms with Crippen molar-refractivity contribution in [3.05, 3.63) is 39.5 Å². The molecule has 23 heavy (non-hydrogen) atoms. The van der Waals surface area contributed by atoms with Gasteiger partial charge in [-0.05, 0) is 24.8 Å². The van der Waals surface area contributed by atoms with Crippen molar-refractivity contribution in [2.45, 2.75) is 18.6 Å². The van der Waals surface area contributed by atoms with E-state index in [1.807, 2.05) is 12.3 Å². The Morgan fingerprint density at radius 2 is 2.13 bits per heavy atom. The molecule has 0 radical (unpaired) electrons. The van der Waals surface area contributed by atoms with Crippen LogP contribution >= 0.6 is 35.0 Å². The van der Waals surface area contributed by atoms with E-state index in [0.717, 1.165) is 5.56 Å². The third-order valence-electron chi connectivity index (χ3n) is 2.80. The molecule has 1 aromatic carbocycles. The van der Waals surface area contributed by atoms with Gasteiger partial charge in [-0.3, -0.25) is 0 Å². The van der Waals surface area contributed by atoms with E-state index in [-0.39, 0.29) is 12.3 Å². The third-order valence-corrected chi connectivity index (χ3v) is 4.19. The fourth-order valence-corrected chi connectivity index (χ4v) is 2.41. The monoisotopic (exact) mass is 372 g/mol. The van der Waals surface area contributed by atoms with E-state index in [9.17, 15) is 4.79 Å². The average molecular weight is 373 g/mol. The fraction of sp³-hybridized carbons (Fsp3) is 0.286. The van der Waals surface area contributed by atoms with Crippen molar-refractivity contribution in [2.24, 2.45) is 0 Å². The highest BCUT2D eigenvalue weighted by Gasteiger charge is 2.18. The molecule has 0 spiro atoms. The number of anilines is 1. The maximum absolute atomic E-state index is 11.9. The molecule has 0 fully saturated rings. The minimum Gasteiger partial charge on any atom is -0.461 e. The Balaban J connectivity index is 2.26. The smallest absolute Gasteiger partial charge is 0.362 e. The summed E-state index contributed by atoms with van der Waals surface area (Å²) < 4.78 is 4.96. The summed E-state index contributed by atoms with van der Waals surface area (Å²) in [6, 6.07) is 5.33. The molecule has 2 rings (SSSR count). The topological polar surface area (TPSA) is 77.0 Å². The van der Waals surface area contributed by atoms with Gasteiger partial charge in [-0.25, -0.2) is 9.78 Å². The molecule has 0 aliphatic carbocycles. The van der Waals surface area contributed by atoms with Crippen LogP contribution in [0.5, 0.6) is 0 Å². The Labute approximate surface area is 147 Å². The summed E-state index contributed by atoms with van der Waals surface area (Å²) in [7, 11) is 0. The Hall–Kier alpha value is -1.57. The molecule has 0 aliphatic heterocycles. The number of esters is 1. The van der Waals surface area contributed by atoms with E-state index in [2.05, 4.69) is 20.5 Å². The quantitative estimate of drug-likeness (QED) is 0.611. The summed E-state index contributed by atoms with van der Waals surface area (Å²) in [5.41, 5.74) is 0.807. The number of benzene rings is 1. The van der Waals surface area contributed by atoms with Crippen LogP contribution in [0.3, 0.4) is 0 Å². The van der Waals surface area contributed by atoms with Crippen LogP contribution in [0.25, 0.3) is 0 Å². The Kier molecular flexibility index (Phi) is 6.44. The van der Waals surface area contributed by atoms with Crippen molar-refractivity contribution in [2.75, 3.05) is 18.2 Å². The maximum Gasteiger partial charge on any atom is 0.362 e. The van der Waals surface area contributed by atoms with Crippen LogP contribution in [-0.2, 0) is 11.3 Å². The van der Waals surface area contributed by atoms with Gasteiger partial charge in [0, 0.05) is 6.54 Å². The second kappa shape index (κ2) is 8.33. The van der Waals surface area contributed by atoms with Gasteiger partial charge >= 0.3 is 5.97 Å². The van der Waals surface area contributed by atoms with E-state index in [4.69, 9.17) is 27.9 Å². The highest BCUT2D eigenvalue weighted by molar-refractivity contribution is 7.98. The molecular weight excluding hydrogens is 359 g/mol. The van der Waals surface area contributed by atoms with Crippen LogP contribution in [0.1, 0.15) is 23.0 Å². The van der Waals surface area contributed by atoms with E-state index in [0.29, 0.717) is 27.6 Å². The number of hydrogen-bond acceptors (Lipinski definition) is 7. The first-order valence-electron chi connectivity index (χ1n) is 6.69. The number of nitrogens with zero attached hydrogens (tertiary/aromatic N) is 3. The minimum absolute atomic E-state index is 0.0304. The van der Waals surface area contributed by atoms with Crippen LogP contribution in [0, 0.1) is 0 Å². The number of hydrogen-bond donors (Lipinski definition) is 1. The SMILES string of the molecule is CCOC(=O)c1nnc(SC)nc1NCc1cccc(Cl)c1Cl. The fourth-order valence-electron chi connectivity index (χ4n) is 1.72. The lowest BCUT2D eigenvalue weighted by Crippen LogP contribution is -2.15. The van der Waals surface area contributed by atoms with Gasteiger partial charge in [-0.15, -0.1) is 10.2 Å². The molecule has 0 amide bonds. The summed E-state index contributed by atoms with van der Waals surface area (Å²) in [5.74, 6) is -0.293. The van der Waals surface area contributed by atoms with Gasteiger partial charge in [0.1, 0.15) is 0 Å². The van der Waals surface area contributed by atoms with Crippen LogP contribution in [0.15, 0.2) is 23.4 Å². The number of ether oxygens (including phenoxy) is 1. The van der Waals surface area contributed by atoms with E-state index in [1.165, 1.54) is 11.8 Å². The lowest BCUT2D eigenvalue weighted by Gasteiger charge is -2.11. The summed E-state index contributed by atoms with van der Waals surface area (Å²) in [6.45, 7) is 2.29. The minimum atomic E-state index is -0.583. The number of aromatic nitrogens is 3. The number of carbonyl (C=O) groups is 1. The number of carbonyl (C=O) groups excluding carboxylic acids is 1. The largest absolute Gasteiger partial charge is 0.461 e. The molecule has 2 aromatic rings. The summed E-state index contributed by atoms with van der Waals surface area (Å²) >= 11 is 13.5. The summed E-state index contributed by atoms with van der Waals surface area (Å²) in [6.07, 6.45) is 1.82. The van der Waals surface area contributed by atoms with Gasteiger partial charge in [0.05, 0.1) is 16.7 Å². The zero-order valence-electron chi connectivity index (χ0n) is 12.5. The molecule has 0 atom stereocenters. The zero-order chi connectivity index (χ0) is 16.8. The summed E-state index contributed by atoms with van der Waals surface area (Å²) in [4.78, 5) is 16.2. The molecule has 9 heteroatoms. The number of rotatable bonds is 6. The first-order valence-corrected chi connectivity index (χ1v) is 8.67. The van der Waals surface area contributed by atoms with E-state index < -0.39 is 5.97 Å². The van der Waals surface area contributed by atoms with E-state index in [1.54, 1.807) is 19.1 Å². The van der Waals surface area contributed by atoms with Crippen molar-refractivity contribution in [3.63, 3.8) is 0 Å². The van der Waals surface area contributed by atoms with Crippen LogP contribution in [0.2, 0.25) is 10.0 Å². The lowest BCUT2D eigenvalue weighted by atomic mass is 10.2. The van der Waals surface area contributed by atoms with Crippen LogP contribution in [-0.4, -0.2) is 34.0 Å². The second-order valence-corrected chi connectivity index (χ2v) is 5.84. The predicted octanol–water partition coefficient (Wildman–Crippen LogP) is 3.69. The predicted molar refractivity (Wildman–Crippen MR) is 91.4 cm³/mol. The normalized spacial score (nSPS) is 10.4. The number of halogens is 2. The molecule has 0 unspecified atom stereocenters. The molecule has 1 N–H and O–H groups in total. The van der Waals surface area contributed by atoms with Crippen molar-refractivity contribution < 1.29 is 9.53 Å². The first kappa shape index (κ1) is 17.8. The third kappa shape index (κ3) is 4.46. The molecule has 0 saturated carbocycles. The molecule has 1 heterocycles. The molecule has 0 bridgehead atoms. The standard InChI is InChI=1S/C14H14Cl2N4O2S/c1-3-22-13(21)11-12(18-14(23-2)20-19-11)17-7-8-5-4-6-9(15)10(8)16/h4-6H,3,7H2,1-2H3,(H,17,18,20). The Morgan fingerprint density at radius 1 is 1.35 bits per heavy atom. The van der Waals surface area contributed by atoms with E-state index >= 15 is 0 Å². The zero-order valence-corrected chi connectivity index (χ0v) is 14.8. The van der Waals surface area contributed by atoms with Crippen LogP contribution < -0.4 is 5.32 Å². The van der Waals surface area contributed by atoms with Gasteiger partial charge in [0.2, 0.25) is 10.9 Å². The molecule has 6 nitrogen and oxygen atoms in total. The average Bonchev–Trinajstić information content (AvgIpc) is 2.56. The highest BCUT2D eigenvalue weighted by Crippen LogP contribution is 2.26. The molecule has 0 saturated heterocycles. The molecule has 122 valence electrons. The second-order valence-electron chi connectivity index (χ2n) is 4.28. The van der Waals surface area contributed by atoms with Gasteiger partial charge in [0.15, 0.2) is 5.82 Å².